The molecular weight excluding hydrogens is 268 g/mol. The minimum Gasteiger partial charge on any atom is -0.508 e. The molecule has 0 radical (unpaired) electrons. The zero-order valence-corrected chi connectivity index (χ0v) is 11.5. The van der Waals surface area contributed by atoms with Gasteiger partial charge in [0.1, 0.15) is 23.0 Å². The molecule has 0 aliphatic carbocycles. The largest absolute Gasteiger partial charge is 0.508 e. The molecule has 0 aliphatic heterocycles. The van der Waals surface area contributed by atoms with Gasteiger partial charge in [-0.1, -0.05) is 12.1 Å². The molecule has 0 aliphatic rings. The number of fused-ring (bicyclic) bond motifs is 1. The Morgan fingerprint density at radius 3 is 1.43 bits per heavy atom. The monoisotopic (exact) mass is 284 g/mol. The first-order chi connectivity index (χ1) is 9.95. The van der Waals surface area contributed by atoms with Crippen molar-refractivity contribution in [2.24, 2.45) is 0 Å². The Morgan fingerprint density at radius 2 is 1.00 bits per heavy atom. The van der Waals surface area contributed by atoms with Gasteiger partial charge in [0.05, 0.1) is 0 Å². The summed E-state index contributed by atoms with van der Waals surface area (Å²) in [5.41, 5.74) is 0.690. The quantitative estimate of drug-likeness (QED) is 0.475. The van der Waals surface area contributed by atoms with Crippen molar-refractivity contribution >= 4 is 10.8 Å². The third-order valence-electron chi connectivity index (χ3n) is 2.99. The lowest BCUT2D eigenvalue weighted by atomic mass is 10.1. The molecule has 0 spiro atoms. The van der Waals surface area contributed by atoms with Crippen LogP contribution in [0.4, 0.5) is 0 Å². The van der Waals surface area contributed by atoms with Gasteiger partial charge in [0.25, 0.3) is 0 Å². The van der Waals surface area contributed by atoms with Crippen molar-refractivity contribution < 1.29 is 20.4 Å². The SMILES string of the molecule is Cc1cc(O)ccc1O.Oc1ccc2cc(O)ccc2c1. The number of hydrogen-bond donors (Lipinski definition) is 4. The van der Waals surface area contributed by atoms with Crippen LogP contribution in [0.2, 0.25) is 0 Å². The van der Waals surface area contributed by atoms with Crippen molar-refractivity contribution in [3.8, 4) is 23.0 Å². The molecule has 0 aromatic heterocycles. The summed E-state index contributed by atoms with van der Waals surface area (Å²) in [6.45, 7) is 1.73. The summed E-state index contributed by atoms with van der Waals surface area (Å²) in [4.78, 5) is 0. The summed E-state index contributed by atoms with van der Waals surface area (Å²) in [5.74, 6) is 0.888. The number of aryl methyl sites for hydroxylation is 1. The Balaban J connectivity index is 0.000000161. The molecule has 0 saturated carbocycles. The van der Waals surface area contributed by atoms with Crippen LogP contribution in [0, 0.1) is 6.92 Å². The minimum absolute atomic E-state index is 0.185. The molecule has 3 aromatic rings. The second-order valence-electron chi connectivity index (χ2n) is 4.69. The number of benzene rings is 3. The van der Waals surface area contributed by atoms with Crippen molar-refractivity contribution in [1.29, 1.82) is 0 Å². The van der Waals surface area contributed by atoms with Crippen LogP contribution < -0.4 is 0 Å². The molecule has 4 nitrogen and oxygen atoms in total. The molecule has 108 valence electrons. The summed E-state index contributed by atoms with van der Waals surface area (Å²) >= 11 is 0. The molecular formula is C17H16O4. The molecule has 0 bridgehead atoms. The van der Waals surface area contributed by atoms with Crippen molar-refractivity contribution in [1.82, 2.24) is 0 Å². The molecule has 0 unspecified atom stereocenters. The van der Waals surface area contributed by atoms with E-state index < -0.39 is 0 Å². The Hall–Kier alpha value is -2.88. The van der Waals surface area contributed by atoms with E-state index in [9.17, 15) is 0 Å². The van der Waals surface area contributed by atoms with E-state index in [-0.39, 0.29) is 23.0 Å². The highest BCUT2D eigenvalue weighted by Crippen LogP contribution is 2.23. The van der Waals surface area contributed by atoms with Crippen molar-refractivity contribution in [2.75, 3.05) is 0 Å². The lowest BCUT2D eigenvalue weighted by molar-refractivity contribution is 0.456. The third-order valence-corrected chi connectivity index (χ3v) is 2.99. The molecule has 0 atom stereocenters. The summed E-state index contributed by atoms with van der Waals surface area (Å²) in [6, 6.07) is 14.5. The number of hydrogen-bond acceptors (Lipinski definition) is 4. The summed E-state index contributed by atoms with van der Waals surface area (Å²) in [6.07, 6.45) is 0. The van der Waals surface area contributed by atoms with Gasteiger partial charge in [-0.3, -0.25) is 0 Å². The Morgan fingerprint density at radius 1 is 0.571 bits per heavy atom. The number of aromatic hydroxyl groups is 4. The van der Waals surface area contributed by atoms with Crippen LogP contribution in [-0.2, 0) is 0 Å². The van der Waals surface area contributed by atoms with Crippen LogP contribution in [-0.4, -0.2) is 20.4 Å². The fraction of sp³-hybridized carbons (Fsp3) is 0.0588. The first-order valence-electron chi connectivity index (χ1n) is 6.36. The van der Waals surface area contributed by atoms with Gasteiger partial charge >= 0.3 is 0 Å². The highest BCUT2D eigenvalue weighted by Gasteiger charge is 1.95. The average Bonchev–Trinajstić information content (AvgIpc) is 2.44. The zero-order valence-electron chi connectivity index (χ0n) is 11.5. The molecule has 0 heterocycles. The third kappa shape index (κ3) is 3.79. The molecule has 0 fully saturated rings. The Bertz CT molecular complexity index is 725. The predicted octanol–water partition coefficient (Wildman–Crippen LogP) is 3.66. The fourth-order valence-electron chi connectivity index (χ4n) is 1.86. The minimum atomic E-state index is 0.185. The maximum Gasteiger partial charge on any atom is 0.118 e. The van der Waals surface area contributed by atoms with E-state index in [4.69, 9.17) is 20.4 Å². The number of rotatable bonds is 0. The first kappa shape index (κ1) is 14.5. The lowest BCUT2D eigenvalue weighted by Gasteiger charge is -1.98. The van der Waals surface area contributed by atoms with Gasteiger partial charge in [-0.25, -0.2) is 0 Å². The average molecular weight is 284 g/mol. The summed E-state index contributed by atoms with van der Waals surface area (Å²) in [5, 5.41) is 37.9. The number of phenolic OH excluding ortho intramolecular Hbond substituents is 4. The highest BCUT2D eigenvalue weighted by atomic mass is 16.3. The van der Waals surface area contributed by atoms with Crippen LogP contribution >= 0.6 is 0 Å². The van der Waals surface area contributed by atoms with Crippen molar-refractivity contribution in [3.05, 3.63) is 60.2 Å². The van der Waals surface area contributed by atoms with Crippen molar-refractivity contribution in [3.63, 3.8) is 0 Å². The maximum atomic E-state index is 9.14. The van der Waals surface area contributed by atoms with E-state index in [1.54, 1.807) is 43.3 Å². The van der Waals surface area contributed by atoms with Gasteiger partial charge in [0.2, 0.25) is 0 Å². The van der Waals surface area contributed by atoms with Crippen molar-refractivity contribution in [2.45, 2.75) is 6.92 Å². The molecule has 0 amide bonds. The zero-order chi connectivity index (χ0) is 15.4. The van der Waals surface area contributed by atoms with Gasteiger partial charge in [-0.15, -0.1) is 0 Å². The maximum absolute atomic E-state index is 9.14. The topological polar surface area (TPSA) is 80.9 Å². The molecule has 4 heteroatoms. The lowest BCUT2D eigenvalue weighted by Crippen LogP contribution is -1.71. The van der Waals surface area contributed by atoms with E-state index in [0.717, 1.165) is 10.8 Å². The highest BCUT2D eigenvalue weighted by molar-refractivity contribution is 5.84. The molecule has 4 N–H and O–H groups in total. The fourth-order valence-corrected chi connectivity index (χ4v) is 1.86. The Labute approximate surface area is 122 Å². The van der Waals surface area contributed by atoms with E-state index in [0.29, 0.717) is 5.56 Å². The van der Waals surface area contributed by atoms with Crippen LogP contribution in [0.3, 0.4) is 0 Å². The second-order valence-corrected chi connectivity index (χ2v) is 4.69. The van der Waals surface area contributed by atoms with Gasteiger partial charge in [0, 0.05) is 0 Å². The summed E-state index contributed by atoms with van der Waals surface area (Å²) in [7, 11) is 0. The van der Waals surface area contributed by atoms with E-state index in [2.05, 4.69) is 0 Å². The van der Waals surface area contributed by atoms with Crippen LogP contribution in [0.25, 0.3) is 10.8 Å². The van der Waals surface area contributed by atoms with Gasteiger partial charge in [-0.2, -0.15) is 0 Å². The van der Waals surface area contributed by atoms with E-state index in [1.165, 1.54) is 18.2 Å². The second kappa shape index (κ2) is 6.05. The van der Waals surface area contributed by atoms with Gasteiger partial charge in [0.15, 0.2) is 0 Å². The molecule has 0 saturated heterocycles. The molecule has 3 aromatic carbocycles. The van der Waals surface area contributed by atoms with Crippen LogP contribution in [0.15, 0.2) is 54.6 Å². The summed E-state index contributed by atoms with van der Waals surface area (Å²) < 4.78 is 0. The van der Waals surface area contributed by atoms with E-state index >= 15 is 0 Å². The van der Waals surface area contributed by atoms with Gasteiger partial charge in [-0.05, 0) is 65.7 Å². The van der Waals surface area contributed by atoms with E-state index in [1.807, 2.05) is 0 Å². The van der Waals surface area contributed by atoms with Crippen LogP contribution in [0.1, 0.15) is 5.56 Å². The number of phenols is 4. The van der Waals surface area contributed by atoms with Crippen LogP contribution in [0.5, 0.6) is 23.0 Å². The Kier molecular flexibility index (Phi) is 4.18. The normalized spacial score (nSPS) is 9.95. The first-order valence-corrected chi connectivity index (χ1v) is 6.36. The standard InChI is InChI=1S/C10H8O2.C7H8O2/c11-9-3-1-7-5-10(12)4-2-8(7)6-9;1-5-4-6(8)2-3-7(5)9/h1-6,11-12H;2-4,8-9H,1H3. The molecule has 21 heavy (non-hydrogen) atoms. The predicted molar refractivity (Wildman–Crippen MR) is 81.8 cm³/mol. The smallest absolute Gasteiger partial charge is 0.118 e. The molecule has 3 rings (SSSR count). The van der Waals surface area contributed by atoms with Gasteiger partial charge < -0.3 is 20.4 Å².